The monoisotopic (exact) mass is 374 g/mol. The highest BCUT2D eigenvalue weighted by atomic mass is 19.1. The first-order valence-electron chi connectivity index (χ1n) is 8.98. The molecule has 0 saturated heterocycles. The molecule has 0 aliphatic carbocycles. The number of benzene rings is 2. The molecule has 0 unspecified atom stereocenters. The van der Waals surface area contributed by atoms with Gasteiger partial charge in [-0.3, -0.25) is 9.59 Å². The summed E-state index contributed by atoms with van der Waals surface area (Å²) < 4.78 is 27.6. The van der Waals surface area contributed by atoms with E-state index >= 15 is 0 Å². The van der Waals surface area contributed by atoms with Crippen molar-refractivity contribution in [1.82, 2.24) is 5.32 Å². The van der Waals surface area contributed by atoms with Crippen LogP contribution in [0.1, 0.15) is 43.1 Å². The molecule has 0 spiro atoms. The van der Waals surface area contributed by atoms with Crippen LogP contribution in [0.5, 0.6) is 0 Å². The molecule has 4 nitrogen and oxygen atoms in total. The lowest BCUT2D eigenvalue weighted by Crippen LogP contribution is -2.47. The van der Waals surface area contributed by atoms with Gasteiger partial charge in [-0.2, -0.15) is 0 Å². The van der Waals surface area contributed by atoms with Crippen molar-refractivity contribution < 1.29 is 18.4 Å². The molecule has 2 aromatic rings. The fourth-order valence-corrected chi connectivity index (χ4v) is 2.73. The Hall–Kier alpha value is -2.76. The third-order valence-corrected chi connectivity index (χ3v) is 4.19. The smallest absolute Gasteiger partial charge is 0.257 e. The van der Waals surface area contributed by atoms with E-state index in [1.54, 1.807) is 26.0 Å². The fourth-order valence-electron chi connectivity index (χ4n) is 2.73. The molecule has 1 atom stereocenters. The predicted molar refractivity (Wildman–Crippen MR) is 102 cm³/mol. The SMILES string of the molecule is CCCc1ccc(NC(=O)[C@@H](NC(=O)c2c(F)cccc2F)C(C)C)cc1. The van der Waals surface area contributed by atoms with Gasteiger partial charge in [-0.1, -0.05) is 45.4 Å². The zero-order valence-electron chi connectivity index (χ0n) is 15.7. The molecule has 0 bridgehead atoms. The molecule has 2 aromatic carbocycles. The predicted octanol–water partition coefficient (Wildman–Crippen LogP) is 4.31. The highest BCUT2D eigenvalue weighted by Crippen LogP contribution is 2.15. The topological polar surface area (TPSA) is 58.2 Å². The average molecular weight is 374 g/mol. The number of halogens is 2. The van der Waals surface area contributed by atoms with E-state index in [2.05, 4.69) is 17.6 Å². The number of hydrogen-bond donors (Lipinski definition) is 2. The molecule has 0 radical (unpaired) electrons. The van der Waals surface area contributed by atoms with Crippen molar-refractivity contribution in [3.8, 4) is 0 Å². The Morgan fingerprint density at radius 1 is 1.00 bits per heavy atom. The van der Waals surface area contributed by atoms with Crippen LogP contribution in [-0.4, -0.2) is 17.9 Å². The molecule has 0 saturated carbocycles. The van der Waals surface area contributed by atoms with Gasteiger partial charge in [0.2, 0.25) is 5.91 Å². The van der Waals surface area contributed by atoms with Crippen LogP contribution in [0.25, 0.3) is 0 Å². The third kappa shape index (κ3) is 5.36. The molecule has 144 valence electrons. The summed E-state index contributed by atoms with van der Waals surface area (Å²) >= 11 is 0. The van der Waals surface area contributed by atoms with E-state index in [1.165, 1.54) is 11.6 Å². The number of nitrogens with one attached hydrogen (secondary N) is 2. The summed E-state index contributed by atoms with van der Waals surface area (Å²) in [5.74, 6) is -3.62. The highest BCUT2D eigenvalue weighted by molar-refractivity contribution is 6.01. The van der Waals surface area contributed by atoms with Gasteiger partial charge in [0, 0.05) is 5.69 Å². The lowest BCUT2D eigenvalue weighted by atomic mass is 10.0. The van der Waals surface area contributed by atoms with Gasteiger partial charge in [-0.05, 0) is 42.2 Å². The zero-order valence-corrected chi connectivity index (χ0v) is 15.7. The number of anilines is 1. The second-order valence-corrected chi connectivity index (χ2v) is 6.73. The van der Waals surface area contributed by atoms with E-state index in [4.69, 9.17) is 0 Å². The van der Waals surface area contributed by atoms with Crippen LogP contribution in [0.15, 0.2) is 42.5 Å². The van der Waals surface area contributed by atoms with Gasteiger partial charge in [0.05, 0.1) is 0 Å². The van der Waals surface area contributed by atoms with Crippen LogP contribution >= 0.6 is 0 Å². The Labute approximate surface area is 158 Å². The van der Waals surface area contributed by atoms with Crippen LogP contribution in [0.3, 0.4) is 0 Å². The summed E-state index contributed by atoms with van der Waals surface area (Å²) in [7, 11) is 0. The molecule has 2 N–H and O–H groups in total. The molecule has 0 heterocycles. The molecule has 0 aromatic heterocycles. The first kappa shape index (κ1) is 20.6. The van der Waals surface area contributed by atoms with Gasteiger partial charge in [0.25, 0.3) is 5.91 Å². The highest BCUT2D eigenvalue weighted by Gasteiger charge is 2.27. The Bertz CT molecular complexity index is 784. The first-order valence-corrected chi connectivity index (χ1v) is 8.98. The van der Waals surface area contributed by atoms with Crippen molar-refractivity contribution in [2.75, 3.05) is 5.32 Å². The minimum atomic E-state index is -0.970. The minimum absolute atomic E-state index is 0.275. The quantitative estimate of drug-likeness (QED) is 0.759. The number of amides is 2. The van der Waals surface area contributed by atoms with Gasteiger partial charge < -0.3 is 10.6 Å². The van der Waals surface area contributed by atoms with Crippen LogP contribution in [-0.2, 0) is 11.2 Å². The van der Waals surface area contributed by atoms with E-state index in [1.807, 2.05) is 12.1 Å². The Balaban J connectivity index is 2.12. The maximum Gasteiger partial charge on any atom is 0.257 e. The summed E-state index contributed by atoms with van der Waals surface area (Å²) in [5.41, 5.74) is 1.07. The molecular formula is C21H24F2N2O2. The summed E-state index contributed by atoms with van der Waals surface area (Å²) in [6.07, 6.45) is 1.98. The molecule has 0 aliphatic heterocycles. The van der Waals surface area contributed by atoms with Crippen molar-refractivity contribution in [1.29, 1.82) is 0 Å². The van der Waals surface area contributed by atoms with Crippen molar-refractivity contribution >= 4 is 17.5 Å². The maximum absolute atomic E-state index is 13.8. The van der Waals surface area contributed by atoms with E-state index < -0.39 is 35.1 Å². The fraction of sp³-hybridized carbons (Fsp3) is 0.333. The van der Waals surface area contributed by atoms with Gasteiger partial charge >= 0.3 is 0 Å². The van der Waals surface area contributed by atoms with Gasteiger partial charge in [0.1, 0.15) is 23.2 Å². The second-order valence-electron chi connectivity index (χ2n) is 6.73. The molecule has 0 aliphatic rings. The summed E-state index contributed by atoms with van der Waals surface area (Å²) in [6.45, 7) is 5.57. The first-order chi connectivity index (χ1) is 12.8. The van der Waals surface area contributed by atoms with Crippen molar-refractivity contribution in [3.05, 3.63) is 65.2 Å². The molecule has 27 heavy (non-hydrogen) atoms. The zero-order chi connectivity index (χ0) is 20.0. The number of rotatable bonds is 7. The molecule has 0 fully saturated rings. The number of hydrogen-bond acceptors (Lipinski definition) is 2. The Morgan fingerprint density at radius 3 is 2.11 bits per heavy atom. The van der Waals surface area contributed by atoms with Crippen LogP contribution in [0.2, 0.25) is 0 Å². The lowest BCUT2D eigenvalue weighted by Gasteiger charge is -2.22. The summed E-state index contributed by atoms with van der Waals surface area (Å²) in [5, 5.41) is 5.17. The van der Waals surface area contributed by atoms with Gasteiger partial charge in [-0.25, -0.2) is 8.78 Å². The van der Waals surface area contributed by atoms with E-state index in [0.717, 1.165) is 25.0 Å². The third-order valence-electron chi connectivity index (χ3n) is 4.19. The Morgan fingerprint density at radius 2 is 1.59 bits per heavy atom. The summed E-state index contributed by atoms with van der Waals surface area (Å²) in [6, 6.07) is 9.67. The van der Waals surface area contributed by atoms with E-state index in [-0.39, 0.29) is 5.92 Å². The Kier molecular flexibility index (Phi) is 7.05. The summed E-state index contributed by atoms with van der Waals surface area (Å²) in [4.78, 5) is 24.9. The van der Waals surface area contributed by atoms with Gasteiger partial charge in [-0.15, -0.1) is 0 Å². The second kappa shape index (κ2) is 9.26. The molecule has 2 rings (SSSR count). The van der Waals surface area contributed by atoms with Crippen LogP contribution < -0.4 is 10.6 Å². The largest absolute Gasteiger partial charge is 0.340 e. The normalized spacial score (nSPS) is 11.9. The number of carbonyl (C=O) groups is 2. The van der Waals surface area contributed by atoms with Crippen molar-refractivity contribution in [2.24, 2.45) is 5.92 Å². The van der Waals surface area contributed by atoms with E-state index in [0.29, 0.717) is 5.69 Å². The maximum atomic E-state index is 13.8. The van der Waals surface area contributed by atoms with Gasteiger partial charge in [0.15, 0.2) is 0 Å². The average Bonchev–Trinajstić information content (AvgIpc) is 2.61. The molecule has 6 heteroatoms. The molecule has 2 amide bonds. The van der Waals surface area contributed by atoms with E-state index in [9.17, 15) is 18.4 Å². The van der Waals surface area contributed by atoms with Crippen LogP contribution in [0, 0.1) is 17.6 Å². The standard InChI is InChI=1S/C21H24F2N2O2/c1-4-6-14-9-11-15(12-10-14)24-21(27)19(13(2)3)25-20(26)18-16(22)7-5-8-17(18)23/h5,7-13,19H,4,6H2,1-3H3,(H,24,27)(H,25,26)/t19-/m0/s1. The molecular weight excluding hydrogens is 350 g/mol. The van der Waals surface area contributed by atoms with Crippen molar-refractivity contribution in [2.45, 2.75) is 39.7 Å². The lowest BCUT2D eigenvalue weighted by molar-refractivity contribution is -0.118. The number of carbonyl (C=O) groups excluding carboxylic acids is 2. The van der Waals surface area contributed by atoms with Crippen molar-refractivity contribution in [3.63, 3.8) is 0 Å². The number of aryl methyl sites for hydroxylation is 1. The minimum Gasteiger partial charge on any atom is -0.340 e. The van der Waals surface area contributed by atoms with Crippen LogP contribution in [0.4, 0.5) is 14.5 Å².